The van der Waals surface area contributed by atoms with E-state index in [1.54, 1.807) is 24.5 Å². The van der Waals surface area contributed by atoms with Crippen molar-refractivity contribution in [3.8, 4) is 67.9 Å². The van der Waals surface area contributed by atoms with E-state index in [1.807, 2.05) is 97.1 Å². The standard InChI is InChI=1S/C51H31N5O2/c57-42-26-24-36(38-20-10-28-52-47(38)42)44-34-16-7-8-17-35(34)45(37-25-27-43(58)48-39(37)21-11-29-53-48)46-33-18-9-19-40(32(33)22-23-41(44)46)51-55-49(30-12-3-1-4-13-30)54-50(56-51)31-14-5-2-6-15-31/h1-29,57-58H. The maximum Gasteiger partial charge on any atom is 0.164 e. The van der Waals surface area contributed by atoms with Crippen LogP contribution in [0.5, 0.6) is 11.5 Å². The summed E-state index contributed by atoms with van der Waals surface area (Å²) in [4.78, 5) is 24.4. The van der Waals surface area contributed by atoms with E-state index in [4.69, 9.17) is 15.0 Å². The average molecular weight is 746 g/mol. The first-order valence-electron chi connectivity index (χ1n) is 19.0. The summed E-state index contributed by atoms with van der Waals surface area (Å²) < 4.78 is 0. The molecule has 8 aromatic carbocycles. The number of fused-ring (bicyclic) bond motifs is 6. The van der Waals surface area contributed by atoms with Crippen molar-refractivity contribution in [3.05, 3.63) is 176 Å². The Morgan fingerprint density at radius 3 is 1.40 bits per heavy atom. The monoisotopic (exact) mass is 745 g/mol. The molecule has 0 fully saturated rings. The van der Waals surface area contributed by atoms with Gasteiger partial charge in [-0.1, -0.05) is 127 Å². The highest BCUT2D eigenvalue weighted by Gasteiger charge is 2.23. The van der Waals surface area contributed by atoms with Gasteiger partial charge in [0.25, 0.3) is 0 Å². The molecule has 7 heteroatoms. The number of hydrogen-bond acceptors (Lipinski definition) is 7. The molecule has 3 aromatic heterocycles. The van der Waals surface area contributed by atoms with Crippen LogP contribution in [0.2, 0.25) is 0 Å². The van der Waals surface area contributed by atoms with Gasteiger partial charge in [-0.25, -0.2) is 15.0 Å². The van der Waals surface area contributed by atoms with Crippen molar-refractivity contribution in [1.29, 1.82) is 0 Å². The third kappa shape index (κ3) is 5.25. The van der Waals surface area contributed by atoms with Crippen LogP contribution in [-0.2, 0) is 0 Å². The number of aromatic hydroxyl groups is 2. The molecule has 0 aliphatic carbocycles. The minimum atomic E-state index is 0.123. The summed E-state index contributed by atoms with van der Waals surface area (Å²) in [5.41, 5.74) is 7.68. The molecule has 0 aliphatic heterocycles. The van der Waals surface area contributed by atoms with Crippen molar-refractivity contribution in [1.82, 2.24) is 24.9 Å². The number of benzene rings is 8. The Bertz CT molecular complexity index is 3370. The van der Waals surface area contributed by atoms with E-state index in [9.17, 15) is 10.2 Å². The number of pyridine rings is 2. The van der Waals surface area contributed by atoms with Gasteiger partial charge in [0.15, 0.2) is 17.5 Å². The van der Waals surface area contributed by atoms with Crippen molar-refractivity contribution in [2.45, 2.75) is 0 Å². The molecule has 11 aromatic rings. The van der Waals surface area contributed by atoms with Crippen LogP contribution in [0.1, 0.15) is 0 Å². The minimum absolute atomic E-state index is 0.123. The minimum Gasteiger partial charge on any atom is -0.506 e. The summed E-state index contributed by atoms with van der Waals surface area (Å²) in [6.07, 6.45) is 3.41. The van der Waals surface area contributed by atoms with E-state index in [0.717, 1.165) is 82.0 Å². The molecule has 0 atom stereocenters. The smallest absolute Gasteiger partial charge is 0.164 e. The Hall–Kier alpha value is -8.03. The van der Waals surface area contributed by atoms with Crippen molar-refractivity contribution in [3.63, 3.8) is 0 Å². The van der Waals surface area contributed by atoms with Gasteiger partial charge in [0.1, 0.15) is 22.5 Å². The quantitative estimate of drug-likeness (QED) is 0.133. The summed E-state index contributed by atoms with van der Waals surface area (Å²) in [6.45, 7) is 0. The molecule has 0 saturated heterocycles. The van der Waals surface area contributed by atoms with E-state index < -0.39 is 0 Å². The molecule has 0 spiro atoms. The Balaban J connectivity index is 1.30. The second-order valence-electron chi connectivity index (χ2n) is 14.3. The molecule has 0 amide bonds. The van der Waals surface area contributed by atoms with Gasteiger partial charge in [-0.3, -0.25) is 9.97 Å². The van der Waals surface area contributed by atoms with Crippen molar-refractivity contribution < 1.29 is 10.2 Å². The van der Waals surface area contributed by atoms with Crippen LogP contribution in [-0.4, -0.2) is 35.1 Å². The molecule has 58 heavy (non-hydrogen) atoms. The lowest BCUT2D eigenvalue weighted by Crippen LogP contribution is -2.00. The maximum absolute atomic E-state index is 11.0. The number of rotatable bonds is 5. The molecule has 272 valence electrons. The first-order valence-corrected chi connectivity index (χ1v) is 19.0. The number of hydrogen-bond donors (Lipinski definition) is 2. The summed E-state index contributed by atoms with van der Waals surface area (Å²) in [5.74, 6) is 2.00. The molecule has 0 saturated carbocycles. The predicted octanol–water partition coefficient (Wildman–Crippen LogP) is 12.2. The van der Waals surface area contributed by atoms with Crippen LogP contribution in [0.3, 0.4) is 0 Å². The number of phenolic OH excluding ortho intramolecular Hbond substituents is 2. The topological polar surface area (TPSA) is 105 Å². The molecule has 2 N–H and O–H groups in total. The average Bonchev–Trinajstić information content (AvgIpc) is 3.29. The van der Waals surface area contributed by atoms with Crippen molar-refractivity contribution >= 4 is 54.1 Å². The highest BCUT2D eigenvalue weighted by molar-refractivity contribution is 6.31. The van der Waals surface area contributed by atoms with E-state index in [1.165, 1.54) is 0 Å². The van der Waals surface area contributed by atoms with Gasteiger partial charge in [-0.05, 0) is 91.0 Å². The Morgan fingerprint density at radius 2 is 0.793 bits per heavy atom. The van der Waals surface area contributed by atoms with Crippen LogP contribution < -0.4 is 0 Å². The highest BCUT2D eigenvalue weighted by Crippen LogP contribution is 2.50. The third-order valence-electron chi connectivity index (χ3n) is 11.0. The zero-order valence-corrected chi connectivity index (χ0v) is 30.9. The zero-order chi connectivity index (χ0) is 38.7. The molecule has 0 bridgehead atoms. The Kier molecular flexibility index (Phi) is 7.65. The van der Waals surface area contributed by atoms with Gasteiger partial charge in [-0.2, -0.15) is 0 Å². The molecule has 0 radical (unpaired) electrons. The molecular weight excluding hydrogens is 715 g/mol. The molecule has 0 aliphatic rings. The van der Waals surface area contributed by atoms with Crippen molar-refractivity contribution in [2.75, 3.05) is 0 Å². The van der Waals surface area contributed by atoms with Crippen LogP contribution in [0.25, 0.3) is 111 Å². The normalized spacial score (nSPS) is 11.6. The van der Waals surface area contributed by atoms with Gasteiger partial charge in [0, 0.05) is 39.9 Å². The molecule has 0 unspecified atom stereocenters. The lowest BCUT2D eigenvalue weighted by Gasteiger charge is -2.21. The zero-order valence-electron chi connectivity index (χ0n) is 30.9. The molecular formula is C51H31N5O2. The van der Waals surface area contributed by atoms with Gasteiger partial charge in [0.05, 0.1) is 0 Å². The molecule has 7 nitrogen and oxygen atoms in total. The molecule has 11 rings (SSSR count). The van der Waals surface area contributed by atoms with Crippen LogP contribution in [0, 0.1) is 0 Å². The Labute approximate surface area is 332 Å². The summed E-state index contributed by atoms with van der Waals surface area (Å²) >= 11 is 0. The van der Waals surface area contributed by atoms with Crippen LogP contribution in [0.15, 0.2) is 176 Å². The van der Waals surface area contributed by atoms with Crippen LogP contribution in [0.4, 0.5) is 0 Å². The fourth-order valence-corrected chi connectivity index (χ4v) is 8.48. The maximum atomic E-state index is 11.0. The highest BCUT2D eigenvalue weighted by atomic mass is 16.3. The first-order chi connectivity index (χ1) is 28.6. The lowest BCUT2D eigenvalue weighted by molar-refractivity contribution is 0.480. The van der Waals surface area contributed by atoms with Crippen molar-refractivity contribution in [2.24, 2.45) is 0 Å². The summed E-state index contributed by atoms with van der Waals surface area (Å²) in [5, 5.41) is 29.7. The SMILES string of the molecule is Oc1ccc(-c2c3ccccc3c(-c3ccc(O)c4ncccc34)c3c2ccc2c(-c4nc(-c5ccccc5)nc(-c5ccccc5)n4)cccc23)c2cccnc12. The number of aromatic nitrogens is 5. The summed E-state index contributed by atoms with van der Waals surface area (Å²) in [7, 11) is 0. The van der Waals surface area contributed by atoms with E-state index in [0.29, 0.717) is 28.5 Å². The fourth-order valence-electron chi connectivity index (χ4n) is 8.48. The van der Waals surface area contributed by atoms with E-state index in [-0.39, 0.29) is 11.5 Å². The second kappa shape index (κ2) is 13.3. The largest absolute Gasteiger partial charge is 0.506 e. The first kappa shape index (κ1) is 33.3. The van der Waals surface area contributed by atoms with E-state index in [2.05, 4.69) is 64.6 Å². The number of phenols is 2. The summed E-state index contributed by atoms with van der Waals surface area (Å²) in [6, 6.07) is 54.4. The van der Waals surface area contributed by atoms with E-state index >= 15 is 0 Å². The number of nitrogens with zero attached hydrogens (tertiary/aromatic N) is 5. The van der Waals surface area contributed by atoms with Gasteiger partial charge in [0.2, 0.25) is 0 Å². The predicted molar refractivity (Wildman–Crippen MR) is 233 cm³/mol. The van der Waals surface area contributed by atoms with Gasteiger partial charge < -0.3 is 10.2 Å². The second-order valence-corrected chi connectivity index (χ2v) is 14.3. The molecule has 3 heterocycles. The van der Waals surface area contributed by atoms with Gasteiger partial charge >= 0.3 is 0 Å². The van der Waals surface area contributed by atoms with Crippen LogP contribution >= 0.6 is 0 Å². The third-order valence-corrected chi connectivity index (χ3v) is 11.0. The van der Waals surface area contributed by atoms with Gasteiger partial charge in [-0.15, -0.1) is 0 Å². The lowest BCUT2D eigenvalue weighted by atomic mass is 9.82. The fraction of sp³-hybridized carbons (Fsp3) is 0. The Morgan fingerprint density at radius 1 is 0.310 bits per heavy atom.